The Balaban J connectivity index is 2.28. The van der Waals surface area contributed by atoms with Gasteiger partial charge >= 0.3 is 0 Å². The summed E-state index contributed by atoms with van der Waals surface area (Å²) in [7, 11) is 1.60. The Bertz CT molecular complexity index is 518. The van der Waals surface area contributed by atoms with E-state index in [1.165, 1.54) is 0 Å². The highest BCUT2D eigenvalue weighted by atomic mass is 16.5. The van der Waals surface area contributed by atoms with Crippen molar-refractivity contribution in [2.75, 3.05) is 18.6 Å². The van der Waals surface area contributed by atoms with Crippen LogP contribution in [0.2, 0.25) is 0 Å². The minimum absolute atomic E-state index is 0.158. The van der Waals surface area contributed by atoms with Gasteiger partial charge in [-0.1, -0.05) is 6.07 Å². The Morgan fingerprint density at radius 3 is 2.79 bits per heavy atom. The fourth-order valence-corrected chi connectivity index (χ4v) is 1.98. The van der Waals surface area contributed by atoms with Gasteiger partial charge in [0.05, 0.1) is 13.2 Å². The maximum atomic E-state index is 5.14. The highest BCUT2D eigenvalue weighted by Gasteiger charge is 2.17. The second-order valence-electron chi connectivity index (χ2n) is 4.15. The second-order valence-corrected chi connectivity index (χ2v) is 4.15. The van der Waals surface area contributed by atoms with Crippen LogP contribution in [0, 0.1) is 0 Å². The van der Waals surface area contributed by atoms with Crippen molar-refractivity contribution >= 4 is 5.95 Å². The van der Waals surface area contributed by atoms with Crippen LogP contribution in [0.4, 0.5) is 5.95 Å². The zero-order chi connectivity index (χ0) is 13.7. The van der Waals surface area contributed by atoms with Crippen LogP contribution in [-0.4, -0.2) is 28.6 Å². The first kappa shape index (κ1) is 13.3. The van der Waals surface area contributed by atoms with Gasteiger partial charge in [-0.15, -0.1) is 0 Å². The molecule has 0 N–H and O–H groups in total. The van der Waals surface area contributed by atoms with E-state index in [0.29, 0.717) is 11.8 Å². The van der Waals surface area contributed by atoms with Crippen LogP contribution in [0.15, 0.2) is 36.8 Å². The average molecular weight is 258 g/mol. The SMILES string of the molecule is CCN(c1nccc(OC)n1)C(C)c1cccnc1. The second kappa shape index (κ2) is 6.13. The summed E-state index contributed by atoms with van der Waals surface area (Å²) in [6.45, 7) is 5.00. The maximum Gasteiger partial charge on any atom is 0.229 e. The van der Waals surface area contributed by atoms with Gasteiger partial charge in [0.25, 0.3) is 0 Å². The molecule has 0 spiro atoms. The number of rotatable bonds is 5. The quantitative estimate of drug-likeness (QED) is 0.824. The topological polar surface area (TPSA) is 51.1 Å². The zero-order valence-electron chi connectivity index (χ0n) is 11.4. The van der Waals surface area contributed by atoms with E-state index in [0.717, 1.165) is 12.1 Å². The van der Waals surface area contributed by atoms with E-state index in [2.05, 4.69) is 39.8 Å². The molecule has 2 rings (SSSR count). The minimum Gasteiger partial charge on any atom is -0.481 e. The summed E-state index contributed by atoms with van der Waals surface area (Å²) in [5.41, 5.74) is 1.13. The Labute approximate surface area is 113 Å². The first-order chi connectivity index (χ1) is 9.26. The molecule has 0 radical (unpaired) electrons. The number of pyridine rings is 1. The van der Waals surface area contributed by atoms with Gasteiger partial charge in [-0.05, 0) is 25.5 Å². The summed E-state index contributed by atoms with van der Waals surface area (Å²) in [4.78, 5) is 15.0. The Morgan fingerprint density at radius 1 is 1.32 bits per heavy atom. The molecule has 0 bridgehead atoms. The predicted molar refractivity (Wildman–Crippen MR) is 74.3 cm³/mol. The van der Waals surface area contributed by atoms with E-state index in [-0.39, 0.29) is 6.04 Å². The van der Waals surface area contributed by atoms with Crippen molar-refractivity contribution in [3.05, 3.63) is 42.4 Å². The molecule has 5 heteroatoms. The van der Waals surface area contributed by atoms with E-state index in [9.17, 15) is 0 Å². The van der Waals surface area contributed by atoms with E-state index in [1.54, 1.807) is 25.6 Å². The van der Waals surface area contributed by atoms with Crippen molar-refractivity contribution < 1.29 is 4.74 Å². The molecule has 0 saturated heterocycles. The molecule has 100 valence electrons. The summed E-state index contributed by atoms with van der Waals surface area (Å²) < 4.78 is 5.14. The zero-order valence-corrected chi connectivity index (χ0v) is 11.4. The maximum absolute atomic E-state index is 5.14. The predicted octanol–water partition coefficient (Wildman–Crippen LogP) is 2.47. The van der Waals surface area contributed by atoms with E-state index in [1.807, 2.05) is 12.3 Å². The summed E-state index contributed by atoms with van der Waals surface area (Å²) in [5.74, 6) is 1.24. The lowest BCUT2D eigenvalue weighted by molar-refractivity contribution is 0.396. The highest BCUT2D eigenvalue weighted by Crippen LogP contribution is 2.24. The fraction of sp³-hybridized carbons (Fsp3) is 0.357. The fourth-order valence-electron chi connectivity index (χ4n) is 1.98. The molecule has 19 heavy (non-hydrogen) atoms. The molecular weight excluding hydrogens is 240 g/mol. The molecule has 0 aliphatic carbocycles. The lowest BCUT2D eigenvalue weighted by atomic mass is 10.1. The third-order valence-electron chi connectivity index (χ3n) is 3.06. The van der Waals surface area contributed by atoms with Crippen molar-refractivity contribution in [2.45, 2.75) is 19.9 Å². The van der Waals surface area contributed by atoms with Crippen LogP contribution in [0.3, 0.4) is 0 Å². The largest absolute Gasteiger partial charge is 0.481 e. The summed E-state index contributed by atoms with van der Waals surface area (Å²) >= 11 is 0. The van der Waals surface area contributed by atoms with Gasteiger partial charge in [0, 0.05) is 31.2 Å². The lowest BCUT2D eigenvalue weighted by Gasteiger charge is -2.28. The normalized spacial score (nSPS) is 11.9. The van der Waals surface area contributed by atoms with E-state index >= 15 is 0 Å². The summed E-state index contributed by atoms with van der Waals surface area (Å²) in [6, 6.07) is 5.89. The number of nitrogens with zero attached hydrogens (tertiary/aromatic N) is 4. The molecule has 0 amide bonds. The molecule has 1 unspecified atom stereocenters. The monoisotopic (exact) mass is 258 g/mol. The molecule has 0 aromatic carbocycles. The Hall–Kier alpha value is -2.17. The third kappa shape index (κ3) is 2.99. The van der Waals surface area contributed by atoms with Crippen LogP contribution < -0.4 is 9.64 Å². The third-order valence-corrected chi connectivity index (χ3v) is 3.06. The number of hydrogen-bond acceptors (Lipinski definition) is 5. The molecule has 0 aliphatic heterocycles. The number of aromatic nitrogens is 3. The molecule has 2 heterocycles. The molecule has 5 nitrogen and oxygen atoms in total. The van der Waals surface area contributed by atoms with Crippen molar-refractivity contribution in [2.24, 2.45) is 0 Å². The smallest absolute Gasteiger partial charge is 0.229 e. The standard InChI is InChI=1S/C14H18N4O/c1-4-18(11(2)12-6-5-8-15-10-12)14-16-9-7-13(17-14)19-3/h5-11H,4H2,1-3H3. The molecule has 0 fully saturated rings. The van der Waals surface area contributed by atoms with Crippen LogP contribution in [0.25, 0.3) is 0 Å². The highest BCUT2D eigenvalue weighted by molar-refractivity contribution is 5.36. The van der Waals surface area contributed by atoms with Crippen molar-refractivity contribution in [3.8, 4) is 5.88 Å². The van der Waals surface area contributed by atoms with Gasteiger partial charge in [-0.25, -0.2) is 4.98 Å². The molecule has 2 aromatic heterocycles. The van der Waals surface area contributed by atoms with Gasteiger partial charge in [0.1, 0.15) is 0 Å². The number of ether oxygens (including phenoxy) is 1. The van der Waals surface area contributed by atoms with Crippen molar-refractivity contribution in [3.63, 3.8) is 0 Å². The van der Waals surface area contributed by atoms with Gasteiger partial charge in [-0.2, -0.15) is 4.98 Å². The molecule has 1 atom stereocenters. The summed E-state index contributed by atoms with van der Waals surface area (Å²) in [6.07, 6.45) is 5.35. The molecule has 0 aliphatic rings. The lowest BCUT2D eigenvalue weighted by Crippen LogP contribution is -2.28. The Morgan fingerprint density at radius 2 is 2.16 bits per heavy atom. The van der Waals surface area contributed by atoms with Gasteiger partial charge in [0.2, 0.25) is 11.8 Å². The Kier molecular flexibility index (Phi) is 4.28. The molecular formula is C14H18N4O. The van der Waals surface area contributed by atoms with Crippen molar-refractivity contribution in [1.82, 2.24) is 15.0 Å². The van der Waals surface area contributed by atoms with Crippen LogP contribution in [0.1, 0.15) is 25.5 Å². The van der Waals surface area contributed by atoms with Crippen LogP contribution in [0.5, 0.6) is 5.88 Å². The number of methoxy groups -OCH3 is 1. The van der Waals surface area contributed by atoms with Gasteiger partial charge in [0.15, 0.2) is 0 Å². The summed E-state index contributed by atoms with van der Waals surface area (Å²) in [5, 5.41) is 0. The molecule has 2 aromatic rings. The van der Waals surface area contributed by atoms with Crippen LogP contribution in [-0.2, 0) is 0 Å². The minimum atomic E-state index is 0.158. The average Bonchev–Trinajstić information content (AvgIpc) is 2.49. The van der Waals surface area contributed by atoms with Crippen molar-refractivity contribution in [1.29, 1.82) is 0 Å². The van der Waals surface area contributed by atoms with Crippen LogP contribution >= 0.6 is 0 Å². The molecule has 0 saturated carbocycles. The number of hydrogen-bond donors (Lipinski definition) is 0. The van der Waals surface area contributed by atoms with E-state index < -0.39 is 0 Å². The van der Waals surface area contributed by atoms with E-state index in [4.69, 9.17) is 4.74 Å². The first-order valence-electron chi connectivity index (χ1n) is 6.29. The van der Waals surface area contributed by atoms with Gasteiger partial charge in [-0.3, -0.25) is 4.98 Å². The number of anilines is 1. The van der Waals surface area contributed by atoms with Gasteiger partial charge < -0.3 is 9.64 Å². The first-order valence-corrected chi connectivity index (χ1v) is 6.29.